The number of esters is 1. The van der Waals surface area contributed by atoms with E-state index in [4.69, 9.17) is 16.9 Å². The van der Waals surface area contributed by atoms with Gasteiger partial charge in [0, 0.05) is 0 Å². The molecule has 0 saturated carbocycles. The molecule has 0 aliphatic carbocycles. The third-order valence-corrected chi connectivity index (χ3v) is 4.06. The third kappa shape index (κ3) is 4.16. The van der Waals surface area contributed by atoms with Gasteiger partial charge in [0.2, 0.25) is 5.13 Å². The van der Waals surface area contributed by atoms with Gasteiger partial charge in [-0.1, -0.05) is 29.0 Å². The van der Waals surface area contributed by atoms with Gasteiger partial charge in [-0.2, -0.15) is 5.26 Å². The summed E-state index contributed by atoms with van der Waals surface area (Å²) in [7, 11) is 1.18. The normalized spacial score (nSPS) is 11.5. The molecule has 0 aliphatic rings. The van der Waals surface area contributed by atoms with Gasteiger partial charge in [0.15, 0.2) is 0 Å². The molecule has 0 bridgehead atoms. The molecule has 0 unspecified atom stereocenters. The first-order valence-corrected chi connectivity index (χ1v) is 7.72. The number of aromatic nitrogens is 1. The van der Waals surface area contributed by atoms with Crippen molar-refractivity contribution in [1.82, 2.24) is 4.98 Å². The number of ether oxygens (including phenoxy) is 1. The van der Waals surface area contributed by atoms with Gasteiger partial charge in [0.1, 0.15) is 28.2 Å². The van der Waals surface area contributed by atoms with E-state index in [-0.39, 0.29) is 27.3 Å². The molecule has 2 aromatic rings. The summed E-state index contributed by atoms with van der Waals surface area (Å²) >= 11 is 7.01. The van der Waals surface area contributed by atoms with Gasteiger partial charge in [-0.3, -0.25) is 0 Å². The summed E-state index contributed by atoms with van der Waals surface area (Å²) < 4.78 is 4.49. The second-order valence-corrected chi connectivity index (χ2v) is 5.87. The minimum atomic E-state index is -0.769. The summed E-state index contributed by atoms with van der Waals surface area (Å²) in [6, 6.07) is 6.70. The Morgan fingerprint density at radius 1 is 1.50 bits per heavy atom. The predicted molar refractivity (Wildman–Crippen MR) is 89.7 cm³/mol. The van der Waals surface area contributed by atoms with Gasteiger partial charge < -0.3 is 9.84 Å². The Morgan fingerprint density at radius 2 is 2.25 bits per heavy atom. The highest BCUT2D eigenvalue weighted by Crippen LogP contribution is 2.33. The van der Waals surface area contributed by atoms with E-state index in [9.17, 15) is 9.90 Å². The number of hydrogen-bond donors (Lipinski definition) is 1. The van der Waals surface area contributed by atoms with E-state index in [2.05, 4.69) is 19.9 Å². The Labute approximate surface area is 146 Å². The topological polar surface area (TPSA) is 108 Å². The van der Waals surface area contributed by atoms with Crippen molar-refractivity contribution < 1.29 is 14.6 Å². The highest BCUT2D eigenvalue weighted by Gasteiger charge is 2.13. The highest BCUT2D eigenvalue weighted by atomic mass is 35.5. The molecule has 0 aliphatic heterocycles. The molecule has 1 aromatic carbocycles. The number of methoxy groups -OCH3 is 1. The lowest BCUT2D eigenvalue weighted by atomic mass is 10.2. The van der Waals surface area contributed by atoms with Gasteiger partial charge in [-0.05, 0) is 30.7 Å². The monoisotopic (exact) mass is 362 g/mol. The van der Waals surface area contributed by atoms with Gasteiger partial charge in [-0.25, -0.2) is 9.78 Å². The molecule has 9 heteroatoms. The van der Waals surface area contributed by atoms with Crippen LogP contribution in [0, 0.1) is 18.3 Å². The van der Waals surface area contributed by atoms with Crippen molar-refractivity contribution in [2.75, 3.05) is 7.11 Å². The minimum Gasteiger partial charge on any atom is -0.506 e. The molecule has 1 heterocycles. The minimum absolute atomic E-state index is 0.000944. The SMILES string of the molecule is COC(=O)/C(C#N)=C/c1sc(/N=N/c2ccc(C)cc2O)nc1Cl. The summed E-state index contributed by atoms with van der Waals surface area (Å²) in [5.41, 5.74) is 0.974. The van der Waals surface area contributed by atoms with E-state index in [1.54, 1.807) is 24.3 Å². The van der Waals surface area contributed by atoms with E-state index in [1.807, 2.05) is 6.92 Å². The van der Waals surface area contributed by atoms with Crippen LogP contribution in [0.2, 0.25) is 5.15 Å². The molecule has 1 aromatic heterocycles. The number of thiazole rings is 1. The molecule has 0 spiro atoms. The van der Waals surface area contributed by atoms with Crippen molar-refractivity contribution in [2.45, 2.75) is 6.92 Å². The fourth-order valence-electron chi connectivity index (χ4n) is 1.63. The summed E-state index contributed by atoms with van der Waals surface area (Å²) in [4.78, 5) is 15.8. The van der Waals surface area contributed by atoms with Gasteiger partial charge in [-0.15, -0.1) is 10.2 Å². The van der Waals surface area contributed by atoms with Crippen molar-refractivity contribution in [3.63, 3.8) is 0 Å². The van der Waals surface area contributed by atoms with E-state index >= 15 is 0 Å². The van der Waals surface area contributed by atoms with E-state index in [0.717, 1.165) is 16.9 Å². The first-order chi connectivity index (χ1) is 11.4. The van der Waals surface area contributed by atoms with Crippen molar-refractivity contribution >= 4 is 45.8 Å². The summed E-state index contributed by atoms with van der Waals surface area (Å²) in [5.74, 6) is -0.770. The van der Waals surface area contributed by atoms with Gasteiger partial charge in [0.05, 0.1) is 12.0 Å². The van der Waals surface area contributed by atoms with Crippen LogP contribution in [0.3, 0.4) is 0 Å². The maximum Gasteiger partial charge on any atom is 0.348 e. The summed E-state index contributed by atoms with van der Waals surface area (Å²) in [5, 5.41) is 26.8. The van der Waals surface area contributed by atoms with Gasteiger partial charge >= 0.3 is 5.97 Å². The zero-order chi connectivity index (χ0) is 17.7. The van der Waals surface area contributed by atoms with Crippen molar-refractivity contribution in [3.8, 4) is 11.8 Å². The molecule has 24 heavy (non-hydrogen) atoms. The van der Waals surface area contributed by atoms with Crippen LogP contribution in [0.25, 0.3) is 6.08 Å². The van der Waals surface area contributed by atoms with E-state index in [0.29, 0.717) is 4.88 Å². The number of azo groups is 1. The van der Waals surface area contributed by atoms with Crippen LogP contribution in [0.5, 0.6) is 5.75 Å². The number of carbonyl (C=O) groups excluding carboxylic acids is 1. The first-order valence-electron chi connectivity index (χ1n) is 6.52. The fraction of sp³-hybridized carbons (Fsp3) is 0.133. The molecule has 1 N–H and O–H groups in total. The third-order valence-electron chi connectivity index (χ3n) is 2.77. The average molecular weight is 363 g/mol. The zero-order valence-corrected chi connectivity index (χ0v) is 14.2. The van der Waals surface area contributed by atoms with Gasteiger partial charge in [0.25, 0.3) is 0 Å². The lowest BCUT2D eigenvalue weighted by molar-refractivity contribution is -0.135. The Hall–Kier alpha value is -2.76. The maximum absolute atomic E-state index is 11.4. The average Bonchev–Trinajstić information content (AvgIpc) is 2.90. The number of carbonyl (C=O) groups is 1. The molecule has 2 rings (SSSR count). The van der Waals surface area contributed by atoms with Crippen LogP contribution in [0.15, 0.2) is 34.0 Å². The molecule has 122 valence electrons. The number of nitriles is 1. The lowest BCUT2D eigenvalue weighted by Crippen LogP contribution is -2.02. The molecule has 7 nitrogen and oxygen atoms in total. The molecule has 0 amide bonds. The first kappa shape index (κ1) is 17.6. The summed E-state index contributed by atoms with van der Waals surface area (Å²) in [6.07, 6.45) is 1.27. The Kier molecular flexibility index (Phi) is 5.63. The van der Waals surface area contributed by atoms with Crippen LogP contribution in [-0.2, 0) is 9.53 Å². The quantitative estimate of drug-likeness (QED) is 0.377. The van der Waals surface area contributed by atoms with Crippen molar-refractivity contribution in [1.29, 1.82) is 5.26 Å². The zero-order valence-electron chi connectivity index (χ0n) is 12.6. The molecular weight excluding hydrogens is 352 g/mol. The number of aryl methyl sites for hydroxylation is 1. The van der Waals surface area contributed by atoms with Crippen LogP contribution in [-0.4, -0.2) is 23.2 Å². The number of phenols is 1. The summed E-state index contributed by atoms with van der Waals surface area (Å²) in [6.45, 7) is 1.84. The van der Waals surface area contributed by atoms with Crippen molar-refractivity contribution in [3.05, 3.63) is 39.4 Å². The number of rotatable bonds is 4. The molecule has 0 atom stereocenters. The maximum atomic E-state index is 11.4. The fourth-order valence-corrected chi connectivity index (χ4v) is 2.65. The van der Waals surface area contributed by atoms with Crippen molar-refractivity contribution in [2.24, 2.45) is 10.2 Å². The number of benzene rings is 1. The predicted octanol–water partition coefficient (Wildman–Crippen LogP) is 4.31. The van der Waals surface area contributed by atoms with Crippen LogP contribution < -0.4 is 0 Å². The molecular formula is C15H11ClN4O3S. The van der Waals surface area contributed by atoms with Crippen LogP contribution in [0.1, 0.15) is 10.4 Å². The smallest absolute Gasteiger partial charge is 0.348 e. The van der Waals surface area contributed by atoms with Crippen LogP contribution >= 0.6 is 22.9 Å². The Balaban J connectivity index is 2.29. The number of halogens is 1. The Bertz CT molecular complexity index is 883. The number of hydrogen-bond acceptors (Lipinski definition) is 8. The highest BCUT2D eigenvalue weighted by molar-refractivity contribution is 7.16. The number of phenolic OH excluding ortho intramolecular Hbond substituents is 1. The second-order valence-electron chi connectivity index (χ2n) is 4.51. The Morgan fingerprint density at radius 3 is 2.88 bits per heavy atom. The molecule has 0 fully saturated rings. The molecule has 0 saturated heterocycles. The van der Waals surface area contributed by atoms with E-state index in [1.165, 1.54) is 13.2 Å². The number of aromatic hydroxyl groups is 1. The number of nitrogens with zero attached hydrogens (tertiary/aromatic N) is 4. The molecule has 0 radical (unpaired) electrons. The second kappa shape index (κ2) is 7.68. The standard InChI is InChI=1S/C15H11ClN4O3S/c1-8-3-4-10(11(21)5-8)19-20-15-18-13(16)12(24-15)6-9(7-17)14(22)23-2/h3-6,21H,1-2H3/b9-6+,20-19+. The van der Waals surface area contributed by atoms with Crippen LogP contribution in [0.4, 0.5) is 10.8 Å². The largest absolute Gasteiger partial charge is 0.506 e. The van der Waals surface area contributed by atoms with E-state index < -0.39 is 5.97 Å². The lowest BCUT2D eigenvalue weighted by Gasteiger charge is -1.97.